The molecular formula is C23H26F2N2O2. The van der Waals surface area contributed by atoms with Crippen LogP contribution in [0.2, 0.25) is 0 Å². The molecule has 2 amide bonds. The average Bonchev–Trinajstić information content (AvgIpc) is 3.53. The van der Waals surface area contributed by atoms with E-state index in [2.05, 4.69) is 10.6 Å². The smallest absolute Gasteiger partial charge is 0.220 e. The summed E-state index contributed by atoms with van der Waals surface area (Å²) in [6.45, 7) is 0.387. The van der Waals surface area contributed by atoms with Crippen LogP contribution in [0.25, 0.3) is 0 Å². The summed E-state index contributed by atoms with van der Waals surface area (Å²) in [4.78, 5) is 24.4. The Kier molecular flexibility index (Phi) is 7.33. The predicted molar refractivity (Wildman–Crippen MR) is 107 cm³/mol. The van der Waals surface area contributed by atoms with E-state index in [-0.39, 0.29) is 42.3 Å². The van der Waals surface area contributed by atoms with Gasteiger partial charge < -0.3 is 10.6 Å². The molecule has 29 heavy (non-hydrogen) atoms. The number of carbonyl (C=O) groups is 2. The van der Waals surface area contributed by atoms with Gasteiger partial charge in [-0.2, -0.15) is 0 Å². The lowest BCUT2D eigenvalue weighted by atomic mass is 10.1. The number of hydrogen-bond acceptors (Lipinski definition) is 2. The fourth-order valence-corrected chi connectivity index (χ4v) is 3.33. The molecule has 6 heteroatoms. The Labute approximate surface area is 169 Å². The Balaban J connectivity index is 1.40. The summed E-state index contributed by atoms with van der Waals surface area (Å²) in [5.74, 6) is -0.442. The van der Waals surface area contributed by atoms with Gasteiger partial charge in [0.25, 0.3) is 0 Å². The lowest BCUT2D eigenvalue weighted by Gasteiger charge is -2.19. The first-order chi connectivity index (χ1) is 14.0. The van der Waals surface area contributed by atoms with Crippen LogP contribution in [-0.4, -0.2) is 24.4 Å². The van der Waals surface area contributed by atoms with Gasteiger partial charge in [0.2, 0.25) is 11.8 Å². The molecule has 0 aliphatic heterocycles. The van der Waals surface area contributed by atoms with Crippen LogP contribution >= 0.6 is 0 Å². The highest BCUT2D eigenvalue weighted by Gasteiger charge is 2.32. The maximum atomic E-state index is 13.2. The molecule has 1 unspecified atom stereocenters. The number of amides is 2. The van der Waals surface area contributed by atoms with Crippen LogP contribution in [-0.2, 0) is 22.4 Å². The molecule has 1 saturated carbocycles. The van der Waals surface area contributed by atoms with E-state index in [0.29, 0.717) is 25.3 Å². The fraction of sp³-hybridized carbons (Fsp3) is 0.391. The third kappa shape index (κ3) is 7.29. The van der Waals surface area contributed by atoms with Gasteiger partial charge >= 0.3 is 0 Å². The molecule has 2 N–H and O–H groups in total. The molecule has 0 saturated heterocycles. The second kappa shape index (κ2) is 10.1. The highest BCUT2D eigenvalue weighted by atomic mass is 19.1. The fourth-order valence-electron chi connectivity index (χ4n) is 3.33. The summed E-state index contributed by atoms with van der Waals surface area (Å²) in [5.41, 5.74) is 1.57. The van der Waals surface area contributed by atoms with Gasteiger partial charge in [0.05, 0.1) is 0 Å². The van der Waals surface area contributed by atoms with Crippen molar-refractivity contribution < 1.29 is 18.4 Å². The van der Waals surface area contributed by atoms with Gasteiger partial charge in [0, 0.05) is 25.4 Å². The van der Waals surface area contributed by atoms with Gasteiger partial charge in [-0.1, -0.05) is 24.3 Å². The Morgan fingerprint density at radius 3 is 1.97 bits per heavy atom. The quantitative estimate of drug-likeness (QED) is 0.641. The van der Waals surface area contributed by atoms with Crippen molar-refractivity contribution in [3.8, 4) is 0 Å². The minimum atomic E-state index is -0.308. The molecule has 0 radical (unpaired) electrons. The molecule has 0 heterocycles. The van der Waals surface area contributed by atoms with Crippen LogP contribution in [0, 0.1) is 17.6 Å². The van der Waals surface area contributed by atoms with Crippen molar-refractivity contribution >= 4 is 11.8 Å². The van der Waals surface area contributed by atoms with Crippen molar-refractivity contribution in [2.24, 2.45) is 5.92 Å². The summed E-state index contributed by atoms with van der Waals surface area (Å²) in [6.07, 6.45) is 3.56. The number of aryl methyl sites for hydroxylation is 2. The SMILES string of the molecule is O=C(CCc1cccc(F)c1)NCC(NC(=O)CCc1cccc(F)c1)C1CC1. The second-order valence-electron chi connectivity index (χ2n) is 7.58. The lowest BCUT2D eigenvalue weighted by molar-refractivity contribution is -0.123. The van der Waals surface area contributed by atoms with E-state index in [9.17, 15) is 18.4 Å². The Morgan fingerprint density at radius 1 is 0.897 bits per heavy atom. The van der Waals surface area contributed by atoms with Crippen molar-refractivity contribution in [2.75, 3.05) is 6.54 Å². The largest absolute Gasteiger partial charge is 0.354 e. The number of nitrogens with one attached hydrogen (secondary N) is 2. The first kappa shape index (κ1) is 21.0. The van der Waals surface area contributed by atoms with Crippen molar-refractivity contribution in [2.45, 2.75) is 44.6 Å². The summed E-state index contributed by atoms with van der Waals surface area (Å²) >= 11 is 0. The number of benzene rings is 2. The molecule has 0 spiro atoms. The van der Waals surface area contributed by atoms with Crippen LogP contribution in [0.4, 0.5) is 8.78 Å². The van der Waals surface area contributed by atoms with Gasteiger partial charge in [-0.3, -0.25) is 9.59 Å². The maximum Gasteiger partial charge on any atom is 0.220 e. The minimum Gasteiger partial charge on any atom is -0.354 e. The first-order valence-corrected chi connectivity index (χ1v) is 10.0. The van der Waals surface area contributed by atoms with E-state index in [4.69, 9.17) is 0 Å². The molecular weight excluding hydrogens is 374 g/mol. The van der Waals surface area contributed by atoms with Crippen LogP contribution in [0.1, 0.15) is 36.8 Å². The van der Waals surface area contributed by atoms with Crippen molar-refractivity contribution in [1.82, 2.24) is 10.6 Å². The molecule has 1 atom stereocenters. The normalized spacial score (nSPS) is 14.3. The molecule has 1 aliphatic carbocycles. The third-order valence-corrected chi connectivity index (χ3v) is 5.12. The van der Waals surface area contributed by atoms with E-state index < -0.39 is 0 Å². The van der Waals surface area contributed by atoms with Gasteiger partial charge in [-0.05, 0) is 67.0 Å². The summed E-state index contributed by atoms with van der Waals surface area (Å²) in [5, 5.41) is 5.88. The van der Waals surface area contributed by atoms with Crippen molar-refractivity contribution in [3.05, 3.63) is 71.3 Å². The predicted octanol–water partition coefficient (Wildman–Crippen LogP) is 3.54. The van der Waals surface area contributed by atoms with Crippen molar-refractivity contribution in [3.63, 3.8) is 0 Å². The third-order valence-electron chi connectivity index (χ3n) is 5.12. The highest BCUT2D eigenvalue weighted by Crippen LogP contribution is 2.32. The Bertz CT molecular complexity index is 852. The lowest BCUT2D eigenvalue weighted by Crippen LogP contribution is -2.45. The zero-order valence-corrected chi connectivity index (χ0v) is 16.3. The van der Waals surface area contributed by atoms with Crippen LogP contribution in [0.15, 0.2) is 48.5 Å². The van der Waals surface area contributed by atoms with Crippen molar-refractivity contribution in [1.29, 1.82) is 0 Å². The molecule has 4 nitrogen and oxygen atoms in total. The zero-order valence-electron chi connectivity index (χ0n) is 16.3. The standard InChI is InChI=1S/C23H26F2N2O2/c24-19-5-1-3-16(13-19)7-11-22(28)26-15-21(18-9-10-18)27-23(29)12-8-17-4-2-6-20(25)14-17/h1-6,13-14,18,21H,7-12,15H2,(H,26,28)(H,27,29). The molecule has 154 valence electrons. The topological polar surface area (TPSA) is 58.2 Å². The number of carbonyl (C=O) groups excluding carboxylic acids is 2. The van der Waals surface area contributed by atoms with E-state index in [1.165, 1.54) is 24.3 Å². The molecule has 0 aromatic heterocycles. The monoisotopic (exact) mass is 400 g/mol. The number of hydrogen-bond donors (Lipinski definition) is 2. The maximum absolute atomic E-state index is 13.2. The van der Waals surface area contributed by atoms with Crippen LogP contribution < -0.4 is 10.6 Å². The minimum absolute atomic E-state index is 0.0897. The zero-order chi connectivity index (χ0) is 20.6. The van der Waals surface area contributed by atoms with Crippen LogP contribution in [0.5, 0.6) is 0 Å². The molecule has 2 aromatic carbocycles. The van der Waals surface area contributed by atoms with E-state index in [1.807, 2.05) is 0 Å². The van der Waals surface area contributed by atoms with E-state index >= 15 is 0 Å². The van der Waals surface area contributed by atoms with Gasteiger partial charge in [-0.25, -0.2) is 8.78 Å². The van der Waals surface area contributed by atoms with Gasteiger partial charge in [-0.15, -0.1) is 0 Å². The molecule has 0 bridgehead atoms. The van der Waals surface area contributed by atoms with E-state index in [1.54, 1.807) is 24.3 Å². The number of rotatable bonds is 10. The number of halogens is 2. The second-order valence-corrected chi connectivity index (χ2v) is 7.58. The molecule has 3 rings (SSSR count). The van der Waals surface area contributed by atoms with Gasteiger partial charge in [0.15, 0.2) is 0 Å². The van der Waals surface area contributed by atoms with E-state index in [0.717, 1.165) is 24.0 Å². The van der Waals surface area contributed by atoms with Gasteiger partial charge in [0.1, 0.15) is 11.6 Å². The Morgan fingerprint density at radius 2 is 1.45 bits per heavy atom. The molecule has 1 aliphatic rings. The molecule has 1 fully saturated rings. The highest BCUT2D eigenvalue weighted by molar-refractivity contribution is 5.77. The summed E-state index contributed by atoms with van der Waals surface area (Å²) in [6, 6.07) is 12.4. The Hall–Kier alpha value is -2.76. The molecule has 2 aromatic rings. The van der Waals surface area contributed by atoms with Crippen LogP contribution in [0.3, 0.4) is 0 Å². The first-order valence-electron chi connectivity index (χ1n) is 10.0. The average molecular weight is 400 g/mol. The summed E-state index contributed by atoms with van der Waals surface area (Å²) < 4.78 is 26.4. The summed E-state index contributed by atoms with van der Waals surface area (Å²) in [7, 11) is 0.